The van der Waals surface area contributed by atoms with Crippen LogP contribution in [0.2, 0.25) is 0 Å². The van der Waals surface area contributed by atoms with Crippen LogP contribution in [-0.2, 0) is 11.2 Å². The second-order valence-corrected chi connectivity index (χ2v) is 5.32. The van der Waals surface area contributed by atoms with Crippen molar-refractivity contribution in [3.63, 3.8) is 0 Å². The Bertz CT molecular complexity index is 693. The highest BCUT2D eigenvalue weighted by Gasteiger charge is 2.32. The van der Waals surface area contributed by atoms with Crippen molar-refractivity contribution in [2.45, 2.75) is 25.8 Å². The van der Waals surface area contributed by atoms with Gasteiger partial charge in [-0.2, -0.15) is 0 Å². The van der Waals surface area contributed by atoms with Crippen LogP contribution in [0, 0.1) is 10.1 Å². The number of fused-ring (bicyclic) bond motifs is 1. The van der Waals surface area contributed by atoms with E-state index in [0.29, 0.717) is 17.1 Å². The molecule has 0 fully saturated rings. The number of nitrogens with zero attached hydrogens (tertiary/aromatic N) is 3. The van der Waals surface area contributed by atoms with E-state index in [2.05, 4.69) is 4.98 Å². The van der Waals surface area contributed by atoms with Crippen LogP contribution in [0.25, 0.3) is 5.65 Å². The fourth-order valence-electron chi connectivity index (χ4n) is 1.94. The van der Waals surface area contributed by atoms with Crippen LogP contribution in [0.5, 0.6) is 5.75 Å². The van der Waals surface area contributed by atoms with Gasteiger partial charge in [0.1, 0.15) is 0 Å². The molecular weight excluding hydrogens is 276 g/mol. The van der Waals surface area contributed by atoms with Crippen molar-refractivity contribution in [2.24, 2.45) is 5.73 Å². The van der Waals surface area contributed by atoms with Crippen molar-refractivity contribution in [1.82, 2.24) is 9.38 Å². The molecule has 21 heavy (non-hydrogen) atoms. The average molecular weight is 292 g/mol. The number of carbonyl (C=O) groups is 1. The number of primary amides is 1. The number of pyridine rings is 1. The van der Waals surface area contributed by atoms with Gasteiger partial charge in [-0.25, -0.2) is 4.98 Å². The lowest BCUT2D eigenvalue weighted by Gasteiger charge is -2.15. The van der Waals surface area contributed by atoms with Crippen LogP contribution in [0.15, 0.2) is 24.5 Å². The molecule has 0 bridgehead atoms. The summed E-state index contributed by atoms with van der Waals surface area (Å²) in [6, 6.07) is 3.38. The average Bonchev–Trinajstić information content (AvgIpc) is 2.79. The zero-order chi connectivity index (χ0) is 15.6. The number of amides is 1. The topological polar surface area (TPSA) is 113 Å². The molecule has 0 saturated carbocycles. The molecule has 8 nitrogen and oxygen atoms in total. The van der Waals surface area contributed by atoms with Gasteiger partial charge in [-0.3, -0.25) is 14.9 Å². The van der Waals surface area contributed by atoms with Crippen molar-refractivity contribution >= 4 is 11.6 Å². The van der Waals surface area contributed by atoms with E-state index in [1.165, 1.54) is 0 Å². The number of nitro groups is 1. The third kappa shape index (κ3) is 3.10. The minimum absolute atomic E-state index is 0.223. The molecule has 1 amide bonds. The van der Waals surface area contributed by atoms with Crippen LogP contribution in [0.3, 0.4) is 0 Å². The Labute approximate surface area is 120 Å². The Kier molecular flexibility index (Phi) is 3.79. The molecule has 0 radical (unpaired) electrons. The minimum Gasteiger partial charge on any atom is -0.480 e. The zero-order valence-electron chi connectivity index (χ0n) is 11.8. The maximum absolute atomic E-state index is 11.0. The summed E-state index contributed by atoms with van der Waals surface area (Å²) in [5.74, 6) is -0.181. The number of imidazole rings is 1. The predicted octanol–water partition coefficient (Wildman–Crippen LogP) is 0.796. The summed E-state index contributed by atoms with van der Waals surface area (Å²) < 4.78 is 6.99. The number of carbonyl (C=O) groups excluding carboxylic acids is 1. The van der Waals surface area contributed by atoms with Crippen molar-refractivity contribution in [1.29, 1.82) is 0 Å². The molecule has 0 aliphatic heterocycles. The summed E-state index contributed by atoms with van der Waals surface area (Å²) in [5, 5.41) is 11.0. The molecule has 112 valence electrons. The van der Waals surface area contributed by atoms with E-state index >= 15 is 0 Å². The summed E-state index contributed by atoms with van der Waals surface area (Å²) in [7, 11) is 0. The summed E-state index contributed by atoms with van der Waals surface area (Å²) in [6.07, 6.45) is 3.53. The lowest BCUT2D eigenvalue weighted by Crippen LogP contribution is -2.33. The van der Waals surface area contributed by atoms with Gasteiger partial charge in [0.25, 0.3) is 5.91 Å². The summed E-state index contributed by atoms with van der Waals surface area (Å²) in [6.45, 7) is 2.86. The maximum atomic E-state index is 11.0. The van der Waals surface area contributed by atoms with Crippen LogP contribution in [-0.4, -0.2) is 32.4 Å². The highest BCUT2D eigenvalue weighted by atomic mass is 16.6. The molecule has 0 saturated heterocycles. The molecule has 0 atom stereocenters. The number of nitrogens with two attached hydrogens (primary N) is 1. The van der Waals surface area contributed by atoms with Crippen molar-refractivity contribution in [3.05, 3.63) is 40.3 Å². The van der Waals surface area contributed by atoms with E-state index in [-0.39, 0.29) is 18.0 Å². The van der Waals surface area contributed by atoms with E-state index in [4.69, 9.17) is 10.5 Å². The molecule has 0 aromatic carbocycles. The second kappa shape index (κ2) is 5.39. The Morgan fingerprint density at radius 2 is 2.29 bits per heavy atom. The van der Waals surface area contributed by atoms with E-state index < -0.39 is 11.4 Å². The van der Waals surface area contributed by atoms with Crippen LogP contribution in [0.1, 0.15) is 19.5 Å². The van der Waals surface area contributed by atoms with E-state index in [0.717, 1.165) is 0 Å². The fraction of sp³-hybridized carbons (Fsp3) is 0.385. The van der Waals surface area contributed by atoms with Gasteiger partial charge in [0.15, 0.2) is 18.0 Å². The quantitative estimate of drug-likeness (QED) is 0.625. The SMILES string of the molecule is CC(C)(Cc1cnc2c(OCC(N)=O)cccn12)[N+](=O)[O-]. The Hall–Kier alpha value is -2.64. The van der Waals surface area contributed by atoms with Gasteiger partial charge < -0.3 is 14.9 Å². The summed E-state index contributed by atoms with van der Waals surface area (Å²) >= 11 is 0. The molecule has 2 aromatic rings. The molecule has 2 aromatic heterocycles. The van der Waals surface area contributed by atoms with E-state index in [9.17, 15) is 14.9 Å². The van der Waals surface area contributed by atoms with Gasteiger partial charge >= 0.3 is 0 Å². The lowest BCUT2D eigenvalue weighted by molar-refractivity contribution is -0.560. The molecular formula is C13H16N4O4. The van der Waals surface area contributed by atoms with Crippen molar-refractivity contribution < 1.29 is 14.5 Å². The monoisotopic (exact) mass is 292 g/mol. The van der Waals surface area contributed by atoms with E-state index in [1.807, 2.05) is 0 Å². The maximum Gasteiger partial charge on any atom is 0.255 e. The summed E-state index contributed by atoms with van der Waals surface area (Å²) in [4.78, 5) is 25.7. The number of hydrogen-bond acceptors (Lipinski definition) is 5. The second-order valence-electron chi connectivity index (χ2n) is 5.32. The highest BCUT2D eigenvalue weighted by Crippen LogP contribution is 2.22. The number of rotatable bonds is 6. The Morgan fingerprint density at radius 1 is 1.57 bits per heavy atom. The first-order chi connectivity index (χ1) is 9.81. The zero-order valence-corrected chi connectivity index (χ0v) is 11.8. The molecule has 2 heterocycles. The van der Waals surface area contributed by atoms with Gasteiger partial charge in [0.05, 0.1) is 6.42 Å². The Balaban J connectivity index is 2.34. The summed E-state index contributed by atoms with van der Waals surface area (Å²) in [5.41, 5.74) is 5.13. The van der Waals surface area contributed by atoms with Gasteiger partial charge in [-0.05, 0) is 12.1 Å². The third-order valence-electron chi connectivity index (χ3n) is 3.05. The molecule has 2 rings (SSSR count). The minimum atomic E-state index is -1.10. The normalized spacial score (nSPS) is 11.5. The first kappa shape index (κ1) is 14.8. The van der Waals surface area contributed by atoms with Gasteiger partial charge in [-0.15, -0.1) is 0 Å². The van der Waals surface area contributed by atoms with Crippen LogP contribution < -0.4 is 10.5 Å². The largest absolute Gasteiger partial charge is 0.480 e. The van der Waals surface area contributed by atoms with Gasteiger partial charge in [-0.1, -0.05) is 0 Å². The molecule has 0 spiro atoms. The number of hydrogen-bond donors (Lipinski definition) is 1. The standard InChI is InChI=1S/C13H16N4O4/c1-13(2,17(19)20)6-9-7-15-12-10(21-8-11(14)18)4-3-5-16(9)12/h3-5,7H,6,8H2,1-2H3,(H2,14,18). The molecule has 0 aliphatic rings. The number of aromatic nitrogens is 2. The molecule has 8 heteroatoms. The molecule has 0 unspecified atom stereocenters. The smallest absolute Gasteiger partial charge is 0.255 e. The highest BCUT2D eigenvalue weighted by molar-refractivity contribution is 5.75. The van der Waals surface area contributed by atoms with Crippen molar-refractivity contribution in [2.75, 3.05) is 6.61 Å². The first-order valence-corrected chi connectivity index (χ1v) is 6.32. The van der Waals surface area contributed by atoms with E-state index in [1.54, 1.807) is 42.8 Å². The Morgan fingerprint density at radius 3 is 2.90 bits per heavy atom. The van der Waals surface area contributed by atoms with Crippen LogP contribution >= 0.6 is 0 Å². The number of ether oxygens (including phenoxy) is 1. The van der Waals surface area contributed by atoms with Crippen molar-refractivity contribution in [3.8, 4) is 5.75 Å². The van der Waals surface area contributed by atoms with Crippen LogP contribution in [0.4, 0.5) is 0 Å². The van der Waals surface area contributed by atoms with Gasteiger partial charge in [0.2, 0.25) is 5.54 Å². The lowest BCUT2D eigenvalue weighted by atomic mass is 10.00. The third-order valence-corrected chi connectivity index (χ3v) is 3.05. The first-order valence-electron chi connectivity index (χ1n) is 6.32. The molecule has 2 N–H and O–H groups in total. The molecule has 0 aliphatic carbocycles. The van der Waals surface area contributed by atoms with Gasteiger partial charge in [0, 0.05) is 36.9 Å². The predicted molar refractivity (Wildman–Crippen MR) is 74.7 cm³/mol. The fourth-order valence-corrected chi connectivity index (χ4v) is 1.94.